The number of aryl methyl sites for hydroxylation is 3. The number of amides is 3. The molecule has 3 heterocycles. The second kappa shape index (κ2) is 25.9. The Kier molecular flexibility index (Phi) is 20.8. The van der Waals surface area contributed by atoms with Gasteiger partial charge < -0.3 is 29.8 Å². The summed E-state index contributed by atoms with van der Waals surface area (Å²) in [7, 11) is 0. The Morgan fingerprint density at radius 3 is 1.37 bits per heavy atom. The molecule has 0 saturated heterocycles. The molecule has 6 rings (SSSR count). The quantitative estimate of drug-likeness (QED) is 0.0261. The van der Waals surface area contributed by atoms with Crippen LogP contribution in [0.1, 0.15) is 133 Å². The van der Waals surface area contributed by atoms with Gasteiger partial charge in [0.05, 0.1) is 12.1 Å². The number of thiazole rings is 2. The van der Waals surface area contributed by atoms with Gasteiger partial charge in [0.15, 0.2) is 11.4 Å². The number of benzene rings is 2. The van der Waals surface area contributed by atoms with Gasteiger partial charge in [0.1, 0.15) is 40.7 Å². The number of hydrogen-bond donors (Lipinski definition) is 3. The molecule has 0 radical (unpaired) electrons. The third-order valence-electron chi connectivity index (χ3n) is 14.1. The van der Waals surface area contributed by atoms with Crippen molar-refractivity contribution in [3.05, 3.63) is 121 Å². The summed E-state index contributed by atoms with van der Waals surface area (Å²) in [6, 6.07) is 1.38. The number of alkyl carbamates (subject to hydrolysis) is 1. The zero-order valence-electron chi connectivity index (χ0n) is 47.3. The number of alkyl halides is 26. The Bertz CT molecular complexity index is 3510. The molecule has 0 bridgehead atoms. The number of nitrogens with one attached hydrogen (secondary N) is 3. The average molecular weight is 1430 g/mol. The van der Waals surface area contributed by atoms with Crippen molar-refractivity contribution in [3.63, 3.8) is 0 Å². The second-order valence-electron chi connectivity index (χ2n) is 20.7. The number of fused-ring (bicyclic) bond motifs is 3. The summed E-state index contributed by atoms with van der Waals surface area (Å²) in [4.78, 5) is 64.4. The van der Waals surface area contributed by atoms with Gasteiger partial charge in [0.25, 0.3) is 11.8 Å². The molecule has 1 aliphatic rings. The molecule has 1 aliphatic carbocycles. The number of ether oxygens (including phenoxy) is 2. The van der Waals surface area contributed by atoms with E-state index in [2.05, 4.69) is 37.5 Å². The molecule has 13 nitrogen and oxygen atoms in total. The van der Waals surface area contributed by atoms with Crippen LogP contribution in [0.5, 0.6) is 0 Å². The standard InChI is InChI=1S/C53H42F26N6O7S2/c1-6-15-90-40(88)33-20-94-39(84-33)22(3)80-35(86)32-19-93-38(83-32)23(4)81-36(87)34-24(5)92-37(85-34)21(2)82-41(89)91-18-31-29-16-25(11-13-42(54,55)44(58,59)46(62,63)48(66,67)50(70,71)52(74,75)76)7-9-27(29)28-10-8-26(17-30(28)31)12-14-43(56,57)45(60,61)47(64,65)49(68,69)51(72,73)53(77,78)79/h6-10,16-17,19-23,31H,1,11-15,18H2,2-5H3,(H,80,86)(H,81,87)(H,82,89)/t21-,22+,23+/m1/s1. The largest absolute Gasteiger partial charge is 0.460 e. The van der Waals surface area contributed by atoms with Crippen LogP contribution in [0.25, 0.3) is 11.1 Å². The molecule has 520 valence electrons. The fourth-order valence-corrected chi connectivity index (χ4v) is 10.4. The smallest absolute Gasteiger partial charge is 0.457 e. The van der Waals surface area contributed by atoms with Gasteiger partial charge in [-0.2, -0.15) is 114 Å². The van der Waals surface area contributed by atoms with Crippen LogP contribution < -0.4 is 16.0 Å². The van der Waals surface area contributed by atoms with Gasteiger partial charge in [0, 0.05) is 29.5 Å². The van der Waals surface area contributed by atoms with Crippen molar-refractivity contribution in [1.29, 1.82) is 0 Å². The number of carbonyl (C=O) groups excluding carboxylic acids is 4. The number of rotatable bonds is 27. The van der Waals surface area contributed by atoms with Gasteiger partial charge in [0.2, 0.25) is 5.89 Å². The van der Waals surface area contributed by atoms with E-state index in [-0.39, 0.29) is 51.0 Å². The van der Waals surface area contributed by atoms with Crippen LogP contribution in [0, 0.1) is 6.92 Å². The van der Waals surface area contributed by atoms with Crippen LogP contribution in [0.15, 0.2) is 64.2 Å². The van der Waals surface area contributed by atoms with Gasteiger partial charge in [-0.1, -0.05) is 49.1 Å². The van der Waals surface area contributed by atoms with Crippen LogP contribution in [0.4, 0.5) is 119 Å². The van der Waals surface area contributed by atoms with Crippen molar-refractivity contribution in [2.45, 2.75) is 149 Å². The molecular weight excluding hydrogens is 1390 g/mol. The highest BCUT2D eigenvalue weighted by Crippen LogP contribution is 2.63. The van der Waals surface area contributed by atoms with E-state index in [9.17, 15) is 133 Å². The summed E-state index contributed by atoms with van der Waals surface area (Å²) in [5, 5.41) is 10.7. The first-order valence-electron chi connectivity index (χ1n) is 26.1. The van der Waals surface area contributed by atoms with Crippen LogP contribution in [-0.4, -0.2) is 124 Å². The Morgan fingerprint density at radius 2 is 0.947 bits per heavy atom. The van der Waals surface area contributed by atoms with Crippen molar-refractivity contribution in [2.75, 3.05) is 13.2 Å². The zero-order valence-corrected chi connectivity index (χ0v) is 48.9. The molecule has 41 heteroatoms. The summed E-state index contributed by atoms with van der Waals surface area (Å²) >= 11 is 2.00. The first kappa shape index (κ1) is 75.5. The van der Waals surface area contributed by atoms with Gasteiger partial charge in [-0.15, -0.1) is 22.7 Å². The van der Waals surface area contributed by atoms with E-state index in [0.717, 1.165) is 34.8 Å². The number of esters is 1. The van der Waals surface area contributed by atoms with E-state index in [1.54, 1.807) is 6.92 Å². The predicted octanol–water partition coefficient (Wildman–Crippen LogP) is 16.2. The minimum absolute atomic E-state index is 0.0165. The van der Waals surface area contributed by atoms with E-state index in [1.165, 1.54) is 37.6 Å². The van der Waals surface area contributed by atoms with E-state index in [4.69, 9.17) is 13.9 Å². The summed E-state index contributed by atoms with van der Waals surface area (Å²) in [6.45, 7) is 7.68. The van der Waals surface area contributed by atoms with E-state index in [0.29, 0.717) is 29.3 Å². The number of halogens is 26. The fraction of sp³-hybridized carbons (Fsp3) is 0.491. The average Bonchev–Trinajstić information content (AvgIpc) is 0.965. The Morgan fingerprint density at radius 1 is 0.543 bits per heavy atom. The lowest BCUT2D eigenvalue weighted by Gasteiger charge is -2.39. The lowest BCUT2D eigenvalue weighted by atomic mass is 9.90. The van der Waals surface area contributed by atoms with E-state index in [1.807, 2.05) is 0 Å². The second-order valence-corrected chi connectivity index (χ2v) is 22.5. The van der Waals surface area contributed by atoms with Crippen molar-refractivity contribution in [3.8, 4) is 11.1 Å². The number of carbonyl (C=O) groups is 4. The highest BCUT2D eigenvalue weighted by Gasteiger charge is 2.92. The molecule has 3 N–H and O–H groups in total. The van der Waals surface area contributed by atoms with Gasteiger partial charge in [-0.3, -0.25) is 9.59 Å². The third kappa shape index (κ3) is 13.7. The minimum Gasteiger partial charge on any atom is -0.457 e. The molecule has 0 unspecified atom stereocenters. The number of oxazole rings is 1. The van der Waals surface area contributed by atoms with Crippen LogP contribution in [-0.2, 0) is 22.3 Å². The maximum Gasteiger partial charge on any atom is 0.460 e. The third-order valence-corrected chi connectivity index (χ3v) is 16.1. The molecule has 3 atom stereocenters. The van der Waals surface area contributed by atoms with Crippen LogP contribution in [0.3, 0.4) is 0 Å². The normalized spacial score (nSPS) is 15.2. The lowest BCUT2D eigenvalue weighted by molar-refractivity contribution is -0.440. The lowest BCUT2D eigenvalue weighted by Crippen LogP contribution is -2.70. The first-order chi connectivity index (χ1) is 42.7. The van der Waals surface area contributed by atoms with Crippen molar-refractivity contribution in [1.82, 2.24) is 30.9 Å². The molecule has 3 aromatic heterocycles. The number of aromatic nitrogens is 3. The van der Waals surface area contributed by atoms with Gasteiger partial charge >= 0.3 is 83.6 Å². The summed E-state index contributed by atoms with van der Waals surface area (Å²) < 4.78 is 377. The molecule has 94 heavy (non-hydrogen) atoms. The van der Waals surface area contributed by atoms with Crippen LogP contribution in [0.2, 0.25) is 0 Å². The summed E-state index contributed by atoms with van der Waals surface area (Å²) in [5.41, 5.74) is -3.14. The molecule has 3 amide bonds. The van der Waals surface area contributed by atoms with Crippen molar-refractivity contribution >= 4 is 46.6 Å². The van der Waals surface area contributed by atoms with E-state index < -0.39 is 174 Å². The van der Waals surface area contributed by atoms with Crippen LogP contribution >= 0.6 is 22.7 Å². The Labute approximate surface area is 517 Å². The minimum atomic E-state index is -8.24. The molecule has 5 aromatic rings. The fourth-order valence-electron chi connectivity index (χ4n) is 8.76. The zero-order chi connectivity index (χ0) is 71.5. The van der Waals surface area contributed by atoms with Crippen molar-refractivity contribution in [2.24, 2.45) is 0 Å². The molecule has 0 saturated carbocycles. The maximum absolute atomic E-state index is 14.9. The van der Waals surface area contributed by atoms with Crippen molar-refractivity contribution < 1.29 is 147 Å². The van der Waals surface area contributed by atoms with Gasteiger partial charge in [-0.05, 0) is 73.9 Å². The molecule has 0 aliphatic heterocycles. The Hall–Kier alpha value is -7.49. The molecular formula is C53H42F26N6O7S2. The van der Waals surface area contributed by atoms with Gasteiger partial charge in [-0.25, -0.2) is 24.5 Å². The predicted molar refractivity (Wildman–Crippen MR) is 273 cm³/mol. The molecule has 0 fully saturated rings. The summed E-state index contributed by atoms with van der Waals surface area (Å²) in [6.07, 6.45) is -24.5. The molecule has 0 spiro atoms. The number of nitrogens with zero attached hydrogens (tertiary/aromatic N) is 3. The highest BCUT2D eigenvalue weighted by molar-refractivity contribution is 7.10. The maximum atomic E-state index is 14.9. The number of hydrogen-bond acceptors (Lipinski definition) is 12. The molecule has 2 aromatic carbocycles. The SMILES string of the molecule is C=CCOC(=O)c1csc([C@H](C)NC(=O)c2csc([C@H](C)NC(=O)c3nc([C@@H](C)NC(=O)OCC4c5cc(CCC(F)(F)C(F)(F)C(F)(F)C(F)(F)C(F)(F)C(F)(F)F)ccc5-c5ccc(CCC(F)(F)C(F)(F)C(F)(F)C(F)(F)C(F)(F)C(F)(F)F)cc54)oc3C)n2)n1. The Balaban J connectivity index is 1.21. The monoisotopic (exact) mass is 1430 g/mol. The highest BCUT2D eigenvalue weighted by atomic mass is 32.1. The van der Waals surface area contributed by atoms with E-state index >= 15 is 0 Å². The summed E-state index contributed by atoms with van der Waals surface area (Å²) in [5.74, 6) is -82.1. The first-order valence-corrected chi connectivity index (χ1v) is 27.8. The topological polar surface area (TPSA) is 175 Å².